The van der Waals surface area contributed by atoms with Crippen molar-refractivity contribution in [1.82, 2.24) is 0 Å². The Morgan fingerprint density at radius 1 is 1.08 bits per heavy atom. The summed E-state index contributed by atoms with van der Waals surface area (Å²) in [7, 11) is 0. The third kappa shape index (κ3) is 2.19. The molecular formula is C19H12BrNO3. The van der Waals surface area contributed by atoms with Crippen molar-refractivity contribution in [3.8, 4) is 0 Å². The highest BCUT2D eigenvalue weighted by Gasteiger charge is 2.68. The van der Waals surface area contributed by atoms with E-state index >= 15 is 0 Å². The lowest BCUT2D eigenvalue weighted by atomic mass is 10.00. The van der Waals surface area contributed by atoms with Gasteiger partial charge in [0.05, 0.1) is 5.92 Å². The molecule has 0 saturated heterocycles. The molecular weight excluding hydrogens is 370 g/mol. The molecule has 2 atom stereocenters. The summed E-state index contributed by atoms with van der Waals surface area (Å²) in [5.74, 6) is -1.85. The number of hydrogen-bond acceptors (Lipinski definition) is 4. The number of rotatable bonds is 3. The summed E-state index contributed by atoms with van der Waals surface area (Å²) in [5, 5.41) is 0. The summed E-state index contributed by atoms with van der Waals surface area (Å²) in [6.07, 6.45) is 0.305. The highest BCUT2D eigenvalue weighted by Crippen LogP contribution is 2.52. The zero-order valence-corrected chi connectivity index (χ0v) is 14.1. The summed E-state index contributed by atoms with van der Waals surface area (Å²) >= 11 is 3.34. The van der Waals surface area contributed by atoms with Crippen LogP contribution in [0.3, 0.4) is 0 Å². The third-order valence-electron chi connectivity index (χ3n) is 4.53. The maximum Gasteiger partial charge on any atom is 0.249 e. The first-order valence-electron chi connectivity index (χ1n) is 7.57. The van der Waals surface area contributed by atoms with Crippen molar-refractivity contribution in [2.45, 2.75) is 12.0 Å². The Labute approximate surface area is 146 Å². The highest BCUT2D eigenvalue weighted by atomic mass is 79.9. The quantitative estimate of drug-likeness (QED) is 0.606. The zero-order valence-electron chi connectivity index (χ0n) is 12.5. The maximum absolute atomic E-state index is 12.7. The van der Waals surface area contributed by atoms with E-state index in [0.29, 0.717) is 17.5 Å². The lowest BCUT2D eigenvalue weighted by Crippen LogP contribution is -2.28. The van der Waals surface area contributed by atoms with Gasteiger partial charge in [-0.1, -0.05) is 58.4 Å². The smallest absolute Gasteiger partial charge is 0.249 e. The van der Waals surface area contributed by atoms with Gasteiger partial charge in [0.1, 0.15) is 11.3 Å². The first-order chi connectivity index (χ1) is 11.5. The molecule has 5 heteroatoms. The van der Waals surface area contributed by atoms with Crippen LogP contribution in [0.4, 0.5) is 0 Å². The number of ketones is 3. The van der Waals surface area contributed by atoms with Crippen LogP contribution in [0, 0.1) is 5.92 Å². The molecule has 2 aliphatic rings. The molecule has 2 aromatic carbocycles. The van der Waals surface area contributed by atoms with Gasteiger partial charge in [0.2, 0.25) is 11.6 Å². The minimum atomic E-state index is -1.18. The predicted octanol–water partition coefficient (Wildman–Crippen LogP) is 3.03. The minimum absolute atomic E-state index is 0.143. The number of Topliss-reactive ketones (excluding diaryl/α,β-unsaturated/α-hetero) is 3. The van der Waals surface area contributed by atoms with Crippen molar-refractivity contribution in [2.75, 3.05) is 0 Å². The fourth-order valence-electron chi connectivity index (χ4n) is 3.18. The average Bonchev–Trinajstić information content (AvgIpc) is 3.28. The molecule has 1 aliphatic carbocycles. The molecule has 1 aliphatic heterocycles. The van der Waals surface area contributed by atoms with Crippen molar-refractivity contribution in [3.05, 3.63) is 70.2 Å². The number of carbonyl (C=O) groups is 3. The molecule has 1 spiro atoms. The van der Waals surface area contributed by atoms with E-state index in [1.165, 1.54) is 0 Å². The van der Waals surface area contributed by atoms with Gasteiger partial charge in [-0.3, -0.25) is 19.4 Å². The van der Waals surface area contributed by atoms with Crippen LogP contribution in [0.25, 0.3) is 0 Å². The minimum Gasteiger partial charge on any atom is -0.294 e. The molecule has 0 radical (unpaired) electrons. The maximum atomic E-state index is 12.7. The number of hydrogen-bond donors (Lipinski definition) is 0. The first kappa shape index (κ1) is 15.1. The molecule has 2 unspecified atom stereocenters. The van der Waals surface area contributed by atoms with Gasteiger partial charge in [-0.15, -0.1) is 0 Å². The second kappa shape index (κ2) is 5.31. The van der Waals surface area contributed by atoms with E-state index < -0.39 is 23.0 Å². The topological polar surface area (TPSA) is 63.6 Å². The van der Waals surface area contributed by atoms with E-state index in [0.717, 1.165) is 4.47 Å². The van der Waals surface area contributed by atoms with E-state index in [1.807, 2.05) is 12.1 Å². The number of aliphatic imine (C=N–C) groups is 1. The van der Waals surface area contributed by atoms with E-state index in [1.54, 1.807) is 42.5 Å². The first-order valence-corrected chi connectivity index (χ1v) is 8.36. The fraction of sp³-hybridized carbons (Fsp3) is 0.158. The Bertz CT molecular complexity index is 919. The summed E-state index contributed by atoms with van der Waals surface area (Å²) in [6, 6.07) is 15.9. The summed E-state index contributed by atoms with van der Waals surface area (Å²) in [5.41, 5.74) is 0.134. The van der Waals surface area contributed by atoms with Gasteiger partial charge in [-0.25, -0.2) is 0 Å². The van der Waals surface area contributed by atoms with Gasteiger partial charge in [0.15, 0.2) is 5.78 Å². The van der Waals surface area contributed by atoms with Crippen LogP contribution in [0.2, 0.25) is 0 Å². The predicted molar refractivity (Wildman–Crippen MR) is 92.3 cm³/mol. The Morgan fingerprint density at radius 3 is 2.54 bits per heavy atom. The van der Waals surface area contributed by atoms with Gasteiger partial charge in [0.25, 0.3) is 0 Å². The van der Waals surface area contributed by atoms with Gasteiger partial charge < -0.3 is 0 Å². The van der Waals surface area contributed by atoms with Crippen LogP contribution >= 0.6 is 15.9 Å². The van der Waals surface area contributed by atoms with Crippen LogP contribution in [0.1, 0.15) is 22.3 Å². The van der Waals surface area contributed by atoms with E-state index in [9.17, 15) is 14.4 Å². The monoisotopic (exact) mass is 381 g/mol. The lowest BCUT2D eigenvalue weighted by molar-refractivity contribution is -0.133. The van der Waals surface area contributed by atoms with Gasteiger partial charge in [-0.2, -0.15) is 0 Å². The third-order valence-corrected chi connectivity index (χ3v) is 5.02. The van der Waals surface area contributed by atoms with Crippen LogP contribution in [0.5, 0.6) is 0 Å². The Hall–Kier alpha value is -2.40. The number of halogens is 1. The second-order valence-electron chi connectivity index (χ2n) is 6.04. The normalized spacial score (nSPS) is 25.0. The Morgan fingerprint density at radius 2 is 1.83 bits per heavy atom. The molecule has 4 nitrogen and oxygen atoms in total. The van der Waals surface area contributed by atoms with E-state index in [-0.39, 0.29) is 11.5 Å². The van der Waals surface area contributed by atoms with E-state index in [2.05, 4.69) is 20.9 Å². The molecule has 0 N–H and O–H groups in total. The van der Waals surface area contributed by atoms with Crippen molar-refractivity contribution < 1.29 is 14.4 Å². The van der Waals surface area contributed by atoms with Crippen molar-refractivity contribution in [3.63, 3.8) is 0 Å². The summed E-state index contributed by atoms with van der Waals surface area (Å²) in [6.45, 7) is 0. The number of benzene rings is 2. The molecule has 118 valence electrons. The summed E-state index contributed by atoms with van der Waals surface area (Å²) in [4.78, 5) is 41.8. The van der Waals surface area contributed by atoms with Gasteiger partial charge >= 0.3 is 0 Å². The fourth-order valence-corrected chi connectivity index (χ4v) is 3.58. The van der Waals surface area contributed by atoms with Gasteiger partial charge in [0, 0.05) is 15.6 Å². The van der Waals surface area contributed by atoms with Crippen molar-refractivity contribution in [2.24, 2.45) is 10.9 Å². The van der Waals surface area contributed by atoms with Crippen LogP contribution in [0.15, 0.2) is 64.1 Å². The largest absolute Gasteiger partial charge is 0.294 e. The van der Waals surface area contributed by atoms with Crippen molar-refractivity contribution >= 4 is 39.0 Å². The van der Waals surface area contributed by atoms with Gasteiger partial charge in [-0.05, 0) is 18.6 Å². The molecule has 2 aromatic rings. The Kier molecular flexibility index (Phi) is 3.35. The molecule has 1 heterocycles. The molecule has 0 aromatic heterocycles. The zero-order chi connectivity index (χ0) is 16.9. The van der Waals surface area contributed by atoms with Crippen molar-refractivity contribution in [1.29, 1.82) is 0 Å². The SMILES string of the molecule is O=C1C(=O)C2(CC2C(=O)c2cccc(Br)c2)N=C1c1ccccc1. The summed E-state index contributed by atoms with van der Waals surface area (Å²) < 4.78 is 0.797. The highest BCUT2D eigenvalue weighted by molar-refractivity contribution is 9.10. The van der Waals surface area contributed by atoms with E-state index in [4.69, 9.17) is 0 Å². The molecule has 0 bridgehead atoms. The molecule has 1 fully saturated rings. The molecule has 24 heavy (non-hydrogen) atoms. The standard InChI is InChI=1S/C19H12BrNO3/c20-13-8-4-7-12(9-13)16(22)14-10-19(14)18(24)17(23)15(21-19)11-5-2-1-3-6-11/h1-9,14H,10H2. The second-order valence-corrected chi connectivity index (χ2v) is 6.96. The molecule has 0 amide bonds. The number of nitrogens with zero attached hydrogens (tertiary/aromatic N) is 1. The van der Waals surface area contributed by atoms with Crippen LogP contribution in [-0.4, -0.2) is 28.6 Å². The Balaban J connectivity index is 1.68. The average molecular weight is 382 g/mol. The van der Waals surface area contributed by atoms with Crippen LogP contribution in [-0.2, 0) is 9.59 Å². The molecule has 4 rings (SSSR count). The molecule has 1 saturated carbocycles. The van der Waals surface area contributed by atoms with Crippen LogP contribution < -0.4 is 0 Å². The lowest BCUT2D eigenvalue weighted by Gasteiger charge is -2.04. The number of carbonyl (C=O) groups excluding carboxylic acids is 3.